The number of ether oxygens (including phenoxy) is 1. The molecule has 1 fully saturated rings. The van der Waals surface area contributed by atoms with E-state index in [1.54, 1.807) is 23.2 Å². The third-order valence-electron chi connectivity index (χ3n) is 4.34. The van der Waals surface area contributed by atoms with E-state index in [1.165, 1.54) is 0 Å². The summed E-state index contributed by atoms with van der Waals surface area (Å²) in [6.07, 6.45) is 1.36. The fourth-order valence-corrected chi connectivity index (χ4v) is 3.60. The highest BCUT2D eigenvalue weighted by Gasteiger charge is 2.25. The number of oxazole rings is 1. The Morgan fingerprint density at radius 1 is 1.42 bits per heavy atom. The highest BCUT2D eigenvalue weighted by molar-refractivity contribution is 7.13. The molecule has 0 unspecified atom stereocenters. The normalized spacial score (nSPS) is 15.1. The van der Waals surface area contributed by atoms with Gasteiger partial charge in [0.05, 0.1) is 23.6 Å². The summed E-state index contributed by atoms with van der Waals surface area (Å²) < 4.78 is 10.7. The van der Waals surface area contributed by atoms with Gasteiger partial charge in [0.2, 0.25) is 11.8 Å². The monoisotopic (exact) mass is 377 g/mol. The number of rotatable bonds is 5. The standard InChI is InChI=1S/C18H23N3O4S/c1-3-24-18(23)21-8-6-13(7-9-21)19-16(22)11-14-12(2)25-17(20-14)15-5-4-10-26-15/h4-5,10,13H,3,6-9,11H2,1-2H3,(H,19,22). The molecule has 8 heteroatoms. The van der Waals surface area contributed by atoms with Gasteiger partial charge in [-0.2, -0.15) is 0 Å². The summed E-state index contributed by atoms with van der Waals surface area (Å²) in [7, 11) is 0. The molecule has 0 spiro atoms. The van der Waals surface area contributed by atoms with Crippen molar-refractivity contribution in [1.82, 2.24) is 15.2 Å². The van der Waals surface area contributed by atoms with Crippen LogP contribution in [0.15, 0.2) is 21.9 Å². The number of carbonyl (C=O) groups is 2. The van der Waals surface area contributed by atoms with Crippen LogP contribution in [0.4, 0.5) is 4.79 Å². The molecule has 2 amide bonds. The van der Waals surface area contributed by atoms with Gasteiger partial charge in [0.25, 0.3) is 0 Å². The van der Waals surface area contributed by atoms with Crippen molar-refractivity contribution in [2.24, 2.45) is 0 Å². The van der Waals surface area contributed by atoms with E-state index in [9.17, 15) is 9.59 Å². The summed E-state index contributed by atoms with van der Waals surface area (Å²) in [6, 6.07) is 3.95. The van der Waals surface area contributed by atoms with Crippen LogP contribution in [0, 0.1) is 6.92 Å². The van der Waals surface area contributed by atoms with E-state index in [-0.39, 0.29) is 24.5 Å². The first-order valence-electron chi connectivity index (χ1n) is 8.78. The number of aryl methyl sites for hydroxylation is 1. The molecule has 0 aromatic carbocycles. The molecular weight excluding hydrogens is 354 g/mol. The lowest BCUT2D eigenvalue weighted by molar-refractivity contribution is -0.121. The molecular formula is C18H23N3O4S. The molecule has 3 heterocycles. The van der Waals surface area contributed by atoms with Gasteiger partial charge >= 0.3 is 6.09 Å². The van der Waals surface area contributed by atoms with Crippen molar-refractivity contribution in [3.63, 3.8) is 0 Å². The quantitative estimate of drug-likeness (QED) is 0.866. The molecule has 1 aliphatic rings. The zero-order valence-corrected chi connectivity index (χ0v) is 15.8. The van der Waals surface area contributed by atoms with Crippen molar-refractivity contribution in [2.75, 3.05) is 19.7 Å². The first-order chi connectivity index (χ1) is 12.6. The van der Waals surface area contributed by atoms with Crippen molar-refractivity contribution >= 4 is 23.3 Å². The van der Waals surface area contributed by atoms with Crippen molar-refractivity contribution in [3.05, 3.63) is 29.0 Å². The second-order valence-electron chi connectivity index (χ2n) is 6.20. The SMILES string of the molecule is CCOC(=O)N1CCC(NC(=O)Cc2nc(-c3cccs3)oc2C)CC1. The van der Waals surface area contributed by atoms with Gasteiger partial charge in [0.1, 0.15) is 5.76 Å². The van der Waals surface area contributed by atoms with Gasteiger partial charge in [0, 0.05) is 19.1 Å². The summed E-state index contributed by atoms with van der Waals surface area (Å²) in [4.78, 5) is 31.1. The molecule has 0 bridgehead atoms. The second-order valence-corrected chi connectivity index (χ2v) is 7.15. The Kier molecular flexibility index (Phi) is 5.92. The number of hydrogen-bond acceptors (Lipinski definition) is 6. The molecule has 3 rings (SSSR count). The largest absolute Gasteiger partial charge is 0.450 e. The number of hydrogen-bond donors (Lipinski definition) is 1. The van der Waals surface area contributed by atoms with Gasteiger partial charge < -0.3 is 19.4 Å². The Labute approximate surface area is 156 Å². The fraction of sp³-hybridized carbons (Fsp3) is 0.500. The Morgan fingerprint density at radius 2 is 2.19 bits per heavy atom. The molecule has 2 aromatic rings. The number of likely N-dealkylation sites (tertiary alicyclic amines) is 1. The fourth-order valence-electron chi connectivity index (χ4n) is 2.95. The predicted octanol–water partition coefficient (Wildman–Crippen LogP) is 2.99. The van der Waals surface area contributed by atoms with Crippen LogP contribution >= 0.6 is 11.3 Å². The molecule has 2 aromatic heterocycles. The second kappa shape index (κ2) is 8.35. The number of thiophene rings is 1. The Bertz CT molecular complexity index is 749. The zero-order chi connectivity index (χ0) is 18.5. The lowest BCUT2D eigenvalue weighted by atomic mass is 10.1. The van der Waals surface area contributed by atoms with Gasteiger partial charge in [-0.25, -0.2) is 9.78 Å². The molecule has 0 saturated carbocycles. The molecule has 26 heavy (non-hydrogen) atoms. The molecule has 0 atom stereocenters. The van der Waals surface area contributed by atoms with Gasteiger partial charge in [-0.1, -0.05) is 6.07 Å². The average Bonchev–Trinajstić information content (AvgIpc) is 3.26. The maximum absolute atomic E-state index is 12.4. The minimum absolute atomic E-state index is 0.0668. The highest BCUT2D eigenvalue weighted by Crippen LogP contribution is 2.26. The molecule has 0 radical (unpaired) electrons. The third-order valence-corrected chi connectivity index (χ3v) is 5.20. The summed E-state index contributed by atoms with van der Waals surface area (Å²) in [5, 5.41) is 5.00. The summed E-state index contributed by atoms with van der Waals surface area (Å²) in [5.41, 5.74) is 0.662. The van der Waals surface area contributed by atoms with Crippen molar-refractivity contribution in [2.45, 2.75) is 39.2 Å². The minimum atomic E-state index is -0.281. The first-order valence-corrected chi connectivity index (χ1v) is 9.66. The van der Waals surface area contributed by atoms with E-state index in [0.29, 0.717) is 37.0 Å². The minimum Gasteiger partial charge on any atom is -0.450 e. The van der Waals surface area contributed by atoms with E-state index >= 15 is 0 Å². The van der Waals surface area contributed by atoms with Gasteiger partial charge in [-0.15, -0.1) is 11.3 Å². The number of carbonyl (C=O) groups excluding carboxylic acids is 2. The summed E-state index contributed by atoms with van der Waals surface area (Å²) in [6.45, 7) is 5.18. The van der Waals surface area contributed by atoms with Crippen LogP contribution < -0.4 is 5.32 Å². The van der Waals surface area contributed by atoms with Gasteiger partial charge in [-0.05, 0) is 38.1 Å². The number of piperidine rings is 1. The van der Waals surface area contributed by atoms with E-state index in [2.05, 4.69) is 10.3 Å². The topological polar surface area (TPSA) is 84.7 Å². The van der Waals surface area contributed by atoms with Gasteiger partial charge in [-0.3, -0.25) is 4.79 Å². The third kappa shape index (κ3) is 4.43. The van der Waals surface area contributed by atoms with E-state index in [1.807, 2.05) is 24.4 Å². The summed E-state index contributed by atoms with van der Waals surface area (Å²) >= 11 is 1.55. The van der Waals surface area contributed by atoms with Crippen molar-refractivity contribution in [3.8, 4) is 10.8 Å². The number of nitrogens with zero attached hydrogens (tertiary/aromatic N) is 2. The molecule has 1 saturated heterocycles. The van der Waals surface area contributed by atoms with Crippen LogP contribution in [0.1, 0.15) is 31.2 Å². The molecule has 1 N–H and O–H groups in total. The van der Waals surface area contributed by atoms with Crippen molar-refractivity contribution in [1.29, 1.82) is 0 Å². The molecule has 0 aliphatic carbocycles. The average molecular weight is 377 g/mol. The smallest absolute Gasteiger partial charge is 0.409 e. The van der Waals surface area contributed by atoms with Crippen LogP contribution in [0.3, 0.4) is 0 Å². The highest BCUT2D eigenvalue weighted by atomic mass is 32.1. The lowest BCUT2D eigenvalue weighted by Gasteiger charge is -2.31. The predicted molar refractivity (Wildman–Crippen MR) is 98.0 cm³/mol. The van der Waals surface area contributed by atoms with Gasteiger partial charge in [0.15, 0.2) is 0 Å². The number of aromatic nitrogens is 1. The van der Waals surface area contributed by atoms with E-state index < -0.39 is 0 Å². The maximum Gasteiger partial charge on any atom is 0.409 e. The lowest BCUT2D eigenvalue weighted by Crippen LogP contribution is -2.47. The molecule has 7 nitrogen and oxygen atoms in total. The van der Waals surface area contributed by atoms with Crippen LogP contribution in [-0.4, -0.2) is 47.6 Å². The summed E-state index contributed by atoms with van der Waals surface area (Å²) in [5.74, 6) is 1.15. The number of amides is 2. The number of nitrogens with one attached hydrogen (secondary N) is 1. The Morgan fingerprint density at radius 3 is 2.85 bits per heavy atom. The van der Waals surface area contributed by atoms with Crippen LogP contribution in [0.5, 0.6) is 0 Å². The molecule has 1 aliphatic heterocycles. The molecule has 140 valence electrons. The van der Waals surface area contributed by atoms with E-state index in [4.69, 9.17) is 9.15 Å². The van der Waals surface area contributed by atoms with Crippen LogP contribution in [0.2, 0.25) is 0 Å². The Hall–Kier alpha value is -2.35. The van der Waals surface area contributed by atoms with E-state index in [0.717, 1.165) is 17.7 Å². The maximum atomic E-state index is 12.4. The van der Waals surface area contributed by atoms with Crippen LogP contribution in [-0.2, 0) is 16.0 Å². The first kappa shape index (κ1) is 18.4. The van der Waals surface area contributed by atoms with Crippen molar-refractivity contribution < 1.29 is 18.7 Å². The van der Waals surface area contributed by atoms with Crippen LogP contribution in [0.25, 0.3) is 10.8 Å². The Balaban J connectivity index is 1.50. The zero-order valence-electron chi connectivity index (χ0n) is 15.0.